The normalized spacial score (nSPS) is 11.0. The first-order valence-corrected chi connectivity index (χ1v) is 11.3. The highest BCUT2D eigenvalue weighted by atomic mass is 32.2. The Kier molecular flexibility index (Phi) is 7.31. The van der Waals surface area contributed by atoms with Gasteiger partial charge in [-0.2, -0.15) is 0 Å². The lowest BCUT2D eigenvalue weighted by Gasteiger charge is -2.18. The first kappa shape index (κ1) is 20.5. The van der Waals surface area contributed by atoms with Crippen LogP contribution in [-0.4, -0.2) is 39.1 Å². The van der Waals surface area contributed by atoms with Gasteiger partial charge in [-0.3, -0.25) is 4.31 Å². The minimum atomic E-state index is -3.29. The van der Waals surface area contributed by atoms with E-state index in [9.17, 15) is 8.42 Å². The van der Waals surface area contributed by atoms with E-state index in [1.54, 1.807) is 30.0 Å². The zero-order valence-corrected chi connectivity index (χ0v) is 17.5. The van der Waals surface area contributed by atoms with Gasteiger partial charge in [-0.1, -0.05) is 23.8 Å². The van der Waals surface area contributed by atoms with E-state index in [0.717, 1.165) is 18.0 Å². The molecule has 0 aliphatic rings. The maximum Gasteiger partial charge on any atom is 0.231 e. The highest BCUT2D eigenvalue weighted by molar-refractivity contribution is 7.99. The quantitative estimate of drug-likeness (QED) is 0.415. The molecule has 0 heterocycles. The first-order valence-electron chi connectivity index (χ1n) is 8.04. The first-order chi connectivity index (χ1) is 12.3. The van der Waals surface area contributed by atoms with Gasteiger partial charge in [0.05, 0.1) is 11.9 Å². The maximum absolute atomic E-state index is 11.6. The van der Waals surface area contributed by atoms with Crippen molar-refractivity contribution >= 4 is 50.5 Å². The number of aryl methyl sites for hydroxylation is 1. The topological polar surface area (TPSA) is 61.4 Å². The minimum Gasteiger partial charge on any atom is -0.362 e. The Labute approximate surface area is 165 Å². The van der Waals surface area contributed by atoms with Gasteiger partial charge in [-0.05, 0) is 49.5 Å². The zero-order chi connectivity index (χ0) is 19.2. The number of nitrogens with one attached hydrogen (secondary N) is 2. The molecule has 26 heavy (non-hydrogen) atoms. The number of nitrogens with zero attached hydrogens (tertiary/aromatic N) is 1. The van der Waals surface area contributed by atoms with E-state index in [-0.39, 0.29) is 0 Å². The fourth-order valence-electron chi connectivity index (χ4n) is 2.11. The maximum atomic E-state index is 11.6. The Bertz CT molecular complexity index is 852. The molecule has 0 unspecified atom stereocenters. The van der Waals surface area contributed by atoms with Crippen molar-refractivity contribution in [2.45, 2.75) is 11.8 Å². The van der Waals surface area contributed by atoms with Gasteiger partial charge in [-0.25, -0.2) is 8.42 Å². The van der Waals surface area contributed by atoms with Gasteiger partial charge in [0, 0.05) is 29.9 Å². The van der Waals surface area contributed by atoms with Crippen LogP contribution in [0.15, 0.2) is 53.4 Å². The summed E-state index contributed by atoms with van der Waals surface area (Å²) in [6.07, 6.45) is 1.17. The van der Waals surface area contributed by atoms with Crippen molar-refractivity contribution in [3.8, 4) is 0 Å². The standard InChI is InChI=1S/C18H23N3O2S3/c1-14-7-9-17(10-8-14)25-12-11-19-18(24)20-15-5-4-6-16(13-15)21(2)26(3,22)23/h4-10,13H,11-12H2,1-3H3,(H2,19,20,24). The van der Waals surface area contributed by atoms with E-state index in [4.69, 9.17) is 12.2 Å². The molecule has 0 amide bonds. The molecule has 8 heteroatoms. The third kappa shape index (κ3) is 6.51. The van der Waals surface area contributed by atoms with Crippen molar-refractivity contribution in [3.05, 3.63) is 54.1 Å². The third-order valence-corrected chi connectivity index (χ3v) is 6.11. The molecule has 2 rings (SSSR count). The second kappa shape index (κ2) is 9.25. The molecular weight excluding hydrogens is 386 g/mol. The van der Waals surface area contributed by atoms with Crippen LogP contribution >= 0.6 is 24.0 Å². The Balaban J connectivity index is 1.81. The summed E-state index contributed by atoms with van der Waals surface area (Å²) in [7, 11) is -1.77. The number of rotatable bonds is 7. The number of anilines is 2. The largest absolute Gasteiger partial charge is 0.362 e. The van der Waals surface area contributed by atoms with Gasteiger partial charge in [0.2, 0.25) is 10.0 Å². The zero-order valence-electron chi connectivity index (χ0n) is 15.0. The molecule has 0 fully saturated rings. The minimum absolute atomic E-state index is 0.508. The van der Waals surface area contributed by atoms with E-state index in [1.807, 2.05) is 6.07 Å². The van der Waals surface area contributed by atoms with E-state index < -0.39 is 10.0 Å². The summed E-state index contributed by atoms with van der Waals surface area (Å²) in [5.41, 5.74) is 2.57. The summed E-state index contributed by atoms with van der Waals surface area (Å²) in [6, 6.07) is 15.5. The molecule has 0 saturated carbocycles. The number of sulfonamides is 1. The van der Waals surface area contributed by atoms with E-state index in [2.05, 4.69) is 41.8 Å². The predicted octanol–water partition coefficient (Wildman–Crippen LogP) is 3.47. The number of hydrogen-bond acceptors (Lipinski definition) is 4. The molecule has 2 N–H and O–H groups in total. The average molecular weight is 410 g/mol. The van der Waals surface area contributed by atoms with Gasteiger partial charge < -0.3 is 10.6 Å². The van der Waals surface area contributed by atoms with Crippen molar-refractivity contribution in [1.82, 2.24) is 5.32 Å². The molecular formula is C18H23N3O2S3. The molecule has 0 spiro atoms. The van der Waals surface area contributed by atoms with Gasteiger partial charge in [0.1, 0.15) is 0 Å². The molecule has 0 saturated heterocycles. The number of thiocarbonyl (C=S) groups is 1. The van der Waals surface area contributed by atoms with Crippen LogP contribution in [0.1, 0.15) is 5.56 Å². The van der Waals surface area contributed by atoms with Gasteiger partial charge >= 0.3 is 0 Å². The molecule has 0 radical (unpaired) electrons. The Morgan fingerprint density at radius 3 is 2.54 bits per heavy atom. The van der Waals surface area contributed by atoms with Crippen LogP contribution in [0, 0.1) is 6.92 Å². The van der Waals surface area contributed by atoms with E-state index in [0.29, 0.717) is 10.8 Å². The lowest BCUT2D eigenvalue weighted by Crippen LogP contribution is -2.30. The van der Waals surface area contributed by atoms with Crippen molar-refractivity contribution in [2.75, 3.05) is 35.2 Å². The van der Waals surface area contributed by atoms with Gasteiger partial charge in [0.25, 0.3) is 0 Å². The summed E-state index contributed by atoms with van der Waals surface area (Å²) >= 11 is 7.07. The lowest BCUT2D eigenvalue weighted by molar-refractivity contribution is 0.600. The second-order valence-electron chi connectivity index (χ2n) is 5.82. The van der Waals surface area contributed by atoms with Crippen LogP contribution in [0.3, 0.4) is 0 Å². The highest BCUT2D eigenvalue weighted by Gasteiger charge is 2.12. The smallest absolute Gasteiger partial charge is 0.231 e. The molecule has 0 aliphatic heterocycles. The monoisotopic (exact) mass is 409 g/mol. The van der Waals surface area contributed by atoms with Crippen LogP contribution in [0.25, 0.3) is 0 Å². The fraction of sp³-hybridized carbons (Fsp3) is 0.278. The van der Waals surface area contributed by atoms with Crippen LogP contribution in [0.2, 0.25) is 0 Å². The van der Waals surface area contributed by atoms with Crippen LogP contribution in [0.4, 0.5) is 11.4 Å². The second-order valence-corrected chi connectivity index (χ2v) is 9.41. The van der Waals surface area contributed by atoms with E-state index >= 15 is 0 Å². The summed E-state index contributed by atoms with van der Waals surface area (Å²) in [6.45, 7) is 2.80. The summed E-state index contributed by atoms with van der Waals surface area (Å²) in [5.74, 6) is 0.891. The number of hydrogen-bond donors (Lipinski definition) is 2. The van der Waals surface area contributed by atoms with Crippen molar-refractivity contribution in [1.29, 1.82) is 0 Å². The number of thioether (sulfide) groups is 1. The summed E-state index contributed by atoms with van der Waals surface area (Å²) < 4.78 is 24.5. The molecule has 0 aromatic heterocycles. The molecule has 2 aromatic carbocycles. The summed E-state index contributed by atoms with van der Waals surface area (Å²) in [4.78, 5) is 1.23. The van der Waals surface area contributed by atoms with Crippen molar-refractivity contribution in [3.63, 3.8) is 0 Å². The third-order valence-electron chi connectivity index (χ3n) is 3.64. The SMILES string of the molecule is Cc1ccc(SCCNC(=S)Nc2cccc(N(C)S(C)(=O)=O)c2)cc1. The molecule has 2 aromatic rings. The van der Waals surface area contributed by atoms with Crippen molar-refractivity contribution < 1.29 is 8.42 Å². The Hall–Kier alpha value is -1.77. The summed E-state index contributed by atoms with van der Waals surface area (Å²) in [5, 5.41) is 6.75. The molecule has 0 atom stereocenters. The Morgan fingerprint density at radius 2 is 1.88 bits per heavy atom. The van der Waals surface area contributed by atoms with Gasteiger partial charge in [-0.15, -0.1) is 11.8 Å². The molecule has 0 bridgehead atoms. The van der Waals surface area contributed by atoms with Crippen molar-refractivity contribution in [2.24, 2.45) is 0 Å². The molecule has 0 aliphatic carbocycles. The van der Waals surface area contributed by atoms with E-state index in [1.165, 1.54) is 28.1 Å². The van der Waals surface area contributed by atoms with Crippen LogP contribution < -0.4 is 14.9 Å². The predicted molar refractivity (Wildman–Crippen MR) is 116 cm³/mol. The van der Waals surface area contributed by atoms with Gasteiger partial charge in [0.15, 0.2) is 5.11 Å². The molecule has 140 valence electrons. The average Bonchev–Trinajstić information content (AvgIpc) is 2.59. The van der Waals surface area contributed by atoms with Crippen LogP contribution in [0.5, 0.6) is 0 Å². The Morgan fingerprint density at radius 1 is 1.19 bits per heavy atom. The number of benzene rings is 2. The molecule has 5 nitrogen and oxygen atoms in total. The lowest BCUT2D eigenvalue weighted by atomic mass is 10.2. The fourth-order valence-corrected chi connectivity index (χ4v) is 3.60. The van der Waals surface area contributed by atoms with Crippen LogP contribution in [-0.2, 0) is 10.0 Å². The highest BCUT2D eigenvalue weighted by Crippen LogP contribution is 2.20.